The Balaban J connectivity index is 2.17. The Morgan fingerprint density at radius 2 is 2.50 bits per heavy atom. The Morgan fingerprint density at radius 3 is 2.92 bits per heavy atom. The Hall–Kier alpha value is -1.25. The topological polar surface area (TPSA) is 33.5 Å². The third-order valence-corrected chi connectivity index (χ3v) is 2.33. The van der Waals surface area contributed by atoms with Crippen LogP contribution in [-0.2, 0) is 0 Å². The van der Waals surface area contributed by atoms with Gasteiger partial charge in [0, 0.05) is 18.7 Å². The van der Waals surface area contributed by atoms with E-state index in [4.69, 9.17) is 4.42 Å². The van der Waals surface area contributed by atoms with E-state index in [2.05, 4.69) is 11.8 Å². The molecule has 0 aromatic carbocycles. The lowest BCUT2D eigenvalue weighted by atomic mass is 10.1. The van der Waals surface area contributed by atoms with Crippen LogP contribution in [0.4, 0.5) is 5.88 Å². The van der Waals surface area contributed by atoms with Gasteiger partial charge in [-0.05, 0) is 19.4 Å². The van der Waals surface area contributed by atoms with Gasteiger partial charge in [0.05, 0.1) is 0 Å². The molecule has 1 saturated heterocycles. The van der Waals surface area contributed by atoms with Crippen molar-refractivity contribution in [1.82, 2.24) is 0 Å². The maximum absolute atomic E-state index is 10.3. The van der Waals surface area contributed by atoms with E-state index >= 15 is 0 Å². The lowest BCUT2D eigenvalue weighted by molar-refractivity contribution is 0.110. The third kappa shape index (κ3) is 1.02. The highest BCUT2D eigenvalue weighted by atomic mass is 16.4. The largest absolute Gasteiger partial charge is 0.438 e. The van der Waals surface area contributed by atoms with Crippen LogP contribution in [0, 0.1) is 0 Å². The zero-order chi connectivity index (χ0) is 8.55. The summed E-state index contributed by atoms with van der Waals surface area (Å²) >= 11 is 0. The number of rotatable bonds is 2. The summed E-state index contributed by atoms with van der Waals surface area (Å²) in [6.45, 7) is 3.18. The predicted molar refractivity (Wildman–Crippen MR) is 45.5 cm³/mol. The third-order valence-electron chi connectivity index (χ3n) is 2.33. The zero-order valence-electron chi connectivity index (χ0n) is 6.99. The van der Waals surface area contributed by atoms with Crippen LogP contribution in [0.1, 0.15) is 23.9 Å². The van der Waals surface area contributed by atoms with E-state index in [0.717, 1.165) is 18.7 Å². The van der Waals surface area contributed by atoms with Crippen molar-refractivity contribution in [1.29, 1.82) is 0 Å². The van der Waals surface area contributed by atoms with Crippen molar-refractivity contribution in [3.63, 3.8) is 0 Å². The lowest BCUT2D eigenvalue weighted by Crippen LogP contribution is -2.45. The highest BCUT2D eigenvalue weighted by Crippen LogP contribution is 2.27. The van der Waals surface area contributed by atoms with Crippen molar-refractivity contribution in [3.05, 3.63) is 17.9 Å². The van der Waals surface area contributed by atoms with Gasteiger partial charge in [0.2, 0.25) is 0 Å². The van der Waals surface area contributed by atoms with Crippen molar-refractivity contribution in [3.8, 4) is 0 Å². The molecule has 2 heterocycles. The lowest BCUT2D eigenvalue weighted by Gasteiger charge is -2.38. The van der Waals surface area contributed by atoms with Gasteiger partial charge in [0.1, 0.15) is 0 Å². The smallest absolute Gasteiger partial charge is 0.196 e. The molecular weight excluding hydrogens is 154 g/mol. The molecule has 1 aliphatic heterocycles. The molecule has 0 saturated carbocycles. The molecule has 1 atom stereocenters. The second-order valence-corrected chi connectivity index (χ2v) is 3.12. The Labute approximate surface area is 71.0 Å². The molecule has 12 heavy (non-hydrogen) atoms. The summed E-state index contributed by atoms with van der Waals surface area (Å²) in [6, 6.07) is 4.10. The number of hydrogen-bond acceptors (Lipinski definition) is 3. The van der Waals surface area contributed by atoms with Gasteiger partial charge in [-0.1, -0.05) is 0 Å². The molecule has 1 fully saturated rings. The minimum Gasteiger partial charge on any atom is -0.438 e. The van der Waals surface area contributed by atoms with E-state index in [1.54, 1.807) is 6.07 Å². The molecule has 0 N–H and O–H groups in total. The van der Waals surface area contributed by atoms with Crippen molar-refractivity contribution in [2.75, 3.05) is 11.4 Å². The molecule has 1 aromatic heterocycles. The predicted octanol–water partition coefficient (Wildman–Crippen LogP) is 1.69. The van der Waals surface area contributed by atoms with E-state index in [-0.39, 0.29) is 0 Å². The first-order valence-corrected chi connectivity index (χ1v) is 4.13. The summed E-state index contributed by atoms with van der Waals surface area (Å²) in [7, 11) is 0. The van der Waals surface area contributed by atoms with Crippen LogP contribution in [0.2, 0.25) is 0 Å². The van der Waals surface area contributed by atoms with Crippen molar-refractivity contribution in [2.45, 2.75) is 19.4 Å². The minimum absolute atomic E-state index is 0.407. The zero-order valence-corrected chi connectivity index (χ0v) is 6.99. The van der Waals surface area contributed by atoms with Crippen molar-refractivity contribution < 1.29 is 9.21 Å². The summed E-state index contributed by atoms with van der Waals surface area (Å²) in [6.07, 6.45) is 1.94. The fourth-order valence-electron chi connectivity index (χ4n) is 1.40. The fourth-order valence-corrected chi connectivity index (χ4v) is 1.40. The van der Waals surface area contributed by atoms with Crippen LogP contribution in [0.25, 0.3) is 0 Å². The van der Waals surface area contributed by atoms with Gasteiger partial charge in [0.15, 0.2) is 17.9 Å². The Morgan fingerprint density at radius 1 is 1.67 bits per heavy atom. The number of carbonyl (C=O) groups excluding carboxylic acids is 1. The van der Waals surface area contributed by atoms with Crippen LogP contribution in [0.15, 0.2) is 16.5 Å². The normalized spacial score (nSPS) is 22.1. The SMILES string of the molecule is CC1CCN1c1ccc(C=O)o1. The van der Waals surface area contributed by atoms with E-state index in [1.165, 1.54) is 6.42 Å². The molecule has 0 bridgehead atoms. The molecule has 1 unspecified atom stereocenters. The first-order chi connectivity index (χ1) is 5.81. The van der Waals surface area contributed by atoms with Crippen LogP contribution >= 0.6 is 0 Å². The average Bonchev–Trinajstić information content (AvgIpc) is 2.50. The first-order valence-electron chi connectivity index (χ1n) is 4.13. The van der Waals surface area contributed by atoms with Gasteiger partial charge in [-0.2, -0.15) is 0 Å². The quantitative estimate of drug-likeness (QED) is 0.625. The molecule has 1 aliphatic rings. The van der Waals surface area contributed by atoms with Gasteiger partial charge in [-0.3, -0.25) is 4.79 Å². The number of hydrogen-bond donors (Lipinski definition) is 0. The van der Waals surface area contributed by atoms with Gasteiger partial charge >= 0.3 is 0 Å². The van der Waals surface area contributed by atoms with Gasteiger partial charge in [-0.15, -0.1) is 0 Å². The van der Waals surface area contributed by atoms with Crippen molar-refractivity contribution >= 4 is 12.2 Å². The molecule has 64 valence electrons. The molecule has 3 nitrogen and oxygen atoms in total. The minimum atomic E-state index is 0.407. The van der Waals surface area contributed by atoms with Crippen molar-refractivity contribution in [2.24, 2.45) is 0 Å². The molecule has 3 heteroatoms. The maximum Gasteiger partial charge on any atom is 0.196 e. The van der Waals surface area contributed by atoms with Crippen LogP contribution in [-0.4, -0.2) is 18.9 Å². The second-order valence-electron chi connectivity index (χ2n) is 3.12. The Kier molecular flexibility index (Phi) is 1.64. The molecule has 0 aliphatic carbocycles. The highest BCUT2D eigenvalue weighted by Gasteiger charge is 2.25. The maximum atomic E-state index is 10.3. The molecule has 2 rings (SSSR count). The Bertz CT molecular complexity index is 292. The highest BCUT2D eigenvalue weighted by molar-refractivity contribution is 5.71. The molecule has 0 amide bonds. The van der Waals surface area contributed by atoms with Crippen LogP contribution in [0.3, 0.4) is 0 Å². The van der Waals surface area contributed by atoms with Gasteiger partial charge in [-0.25, -0.2) is 0 Å². The molecule has 0 radical (unpaired) electrons. The summed E-state index contributed by atoms with van der Waals surface area (Å²) < 4.78 is 5.26. The first kappa shape index (κ1) is 7.40. The molecule has 1 aromatic rings. The van der Waals surface area contributed by atoms with Crippen LogP contribution in [0.5, 0.6) is 0 Å². The molecular formula is C9H11NO2. The fraction of sp³-hybridized carbons (Fsp3) is 0.444. The number of furan rings is 1. The number of carbonyl (C=O) groups is 1. The molecule has 0 spiro atoms. The van der Waals surface area contributed by atoms with Gasteiger partial charge < -0.3 is 9.32 Å². The van der Waals surface area contributed by atoms with E-state index in [9.17, 15) is 4.79 Å². The number of anilines is 1. The summed E-state index contributed by atoms with van der Waals surface area (Å²) in [5.74, 6) is 1.22. The van der Waals surface area contributed by atoms with Crippen LogP contribution < -0.4 is 4.90 Å². The average molecular weight is 165 g/mol. The van der Waals surface area contributed by atoms with Gasteiger partial charge in [0.25, 0.3) is 0 Å². The summed E-state index contributed by atoms with van der Waals surface area (Å²) in [5, 5.41) is 0. The summed E-state index contributed by atoms with van der Waals surface area (Å²) in [4.78, 5) is 12.5. The van der Waals surface area contributed by atoms with E-state index in [0.29, 0.717) is 11.8 Å². The standard InChI is InChI=1S/C9H11NO2/c1-7-4-5-10(7)9-3-2-8(6-11)12-9/h2-3,6-7H,4-5H2,1H3. The van der Waals surface area contributed by atoms with E-state index in [1.807, 2.05) is 6.07 Å². The second kappa shape index (κ2) is 2.66. The number of aldehydes is 1. The summed E-state index contributed by atoms with van der Waals surface area (Å²) in [5.41, 5.74) is 0. The monoisotopic (exact) mass is 165 g/mol. The van der Waals surface area contributed by atoms with E-state index < -0.39 is 0 Å². The number of nitrogens with zero attached hydrogens (tertiary/aromatic N) is 1.